The van der Waals surface area contributed by atoms with Gasteiger partial charge in [-0.05, 0) is 13.0 Å². The Hall–Kier alpha value is -1.64. The van der Waals surface area contributed by atoms with Gasteiger partial charge in [0.25, 0.3) is 0 Å². The average Bonchev–Trinajstić information content (AvgIpc) is 2.53. The third-order valence-electron chi connectivity index (χ3n) is 3.37. The topological polar surface area (TPSA) is 76.7 Å². The highest BCUT2D eigenvalue weighted by atomic mass is 32.2. The monoisotopic (exact) mass is 330 g/mol. The van der Waals surface area contributed by atoms with Crippen molar-refractivity contribution in [2.24, 2.45) is 0 Å². The Labute approximate surface area is 129 Å². The number of rotatable bonds is 6. The predicted octanol–water partition coefficient (Wildman–Crippen LogP) is 1.04. The smallest absolute Gasteiger partial charge is 0.243 e. The molecule has 0 atom stereocenters. The molecule has 1 heterocycles. The zero-order valence-electron chi connectivity index (χ0n) is 12.5. The van der Waals surface area contributed by atoms with Crippen molar-refractivity contribution < 1.29 is 22.3 Å². The van der Waals surface area contributed by atoms with Crippen molar-refractivity contribution >= 4 is 10.0 Å². The number of hydrogen-bond acceptors (Lipinski definition) is 5. The number of ether oxygens (including phenoxy) is 2. The second kappa shape index (κ2) is 7.08. The summed E-state index contributed by atoms with van der Waals surface area (Å²) in [7, 11) is -1.25. The highest BCUT2D eigenvalue weighted by Gasteiger charge is 2.22. The van der Waals surface area contributed by atoms with Gasteiger partial charge in [-0.1, -0.05) is 11.6 Å². The number of benzene rings is 1. The van der Waals surface area contributed by atoms with E-state index in [2.05, 4.69) is 10.0 Å². The van der Waals surface area contributed by atoms with Gasteiger partial charge in [0.15, 0.2) is 11.5 Å². The van der Waals surface area contributed by atoms with Crippen molar-refractivity contribution in [2.45, 2.75) is 11.3 Å². The van der Waals surface area contributed by atoms with E-state index in [0.29, 0.717) is 6.54 Å². The second-order valence-corrected chi connectivity index (χ2v) is 6.51. The molecule has 0 aromatic heterocycles. The van der Waals surface area contributed by atoms with Gasteiger partial charge in [-0.25, -0.2) is 17.5 Å². The zero-order valence-corrected chi connectivity index (χ0v) is 13.3. The molecule has 0 spiro atoms. The molecule has 0 bridgehead atoms. The van der Waals surface area contributed by atoms with Gasteiger partial charge in [-0.3, -0.25) is 0 Å². The van der Waals surface area contributed by atoms with E-state index in [-0.39, 0.29) is 18.0 Å². The van der Waals surface area contributed by atoms with E-state index in [1.807, 2.05) is 6.08 Å². The Kier molecular flexibility index (Phi) is 5.38. The lowest BCUT2D eigenvalue weighted by molar-refractivity contribution is 0.350. The minimum Gasteiger partial charge on any atom is -0.493 e. The molecule has 22 heavy (non-hydrogen) atoms. The molecule has 1 aromatic rings. The fourth-order valence-corrected chi connectivity index (χ4v) is 3.25. The standard InChI is InChI=1S/C14H19FN2O4S/c1-20-12-7-11(15)14(8-13(12)21-2)22(18,19)17-9-10-3-5-16-6-4-10/h3,7-8,16-17H,4-6,9H2,1-2H3. The fraction of sp³-hybridized carbons (Fsp3) is 0.429. The minimum atomic E-state index is -3.97. The first-order valence-electron chi connectivity index (χ1n) is 6.77. The van der Waals surface area contributed by atoms with Gasteiger partial charge in [-0.15, -0.1) is 0 Å². The quantitative estimate of drug-likeness (QED) is 0.762. The summed E-state index contributed by atoms with van der Waals surface area (Å²) >= 11 is 0. The SMILES string of the molecule is COc1cc(F)c(S(=O)(=O)NCC2=CCNCC2)cc1OC. The van der Waals surface area contributed by atoms with Crippen molar-refractivity contribution in [3.8, 4) is 11.5 Å². The van der Waals surface area contributed by atoms with Crippen molar-refractivity contribution in [3.05, 3.63) is 29.6 Å². The van der Waals surface area contributed by atoms with Crippen molar-refractivity contribution in [1.29, 1.82) is 0 Å². The summed E-state index contributed by atoms with van der Waals surface area (Å²) < 4.78 is 51.0. The van der Waals surface area contributed by atoms with Crippen LogP contribution in [-0.2, 0) is 10.0 Å². The number of hydrogen-bond donors (Lipinski definition) is 2. The number of sulfonamides is 1. The molecule has 0 saturated carbocycles. The summed E-state index contributed by atoms with van der Waals surface area (Å²) in [5.41, 5.74) is 0.975. The second-order valence-electron chi connectivity index (χ2n) is 4.78. The number of methoxy groups -OCH3 is 2. The predicted molar refractivity (Wildman–Crippen MR) is 80.3 cm³/mol. The molecule has 122 valence electrons. The molecule has 0 fully saturated rings. The van der Waals surface area contributed by atoms with E-state index in [4.69, 9.17) is 9.47 Å². The summed E-state index contributed by atoms with van der Waals surface area (Å²) in [5.74, 6) is -0.588. The Morgan fingerprint density at radius 3 is 2.55 bits per heavy atom. The number of nitrogens with one attached hydrogen (secondary N) is 2. The summed E-state index contributed by atoms with van der Waals surface area (Å²) in [4.78, 5) is -0.459. The third-order valence-corrected chi connectivity index (χ3v) is 4.79. The first-order chi connectivity index (χ1) is 10.5. The van der Waals surface area contributed by atoms with Gasteiger partial charge in [-0.2, -0.15) is 0 Å². The molecule has 0 amide bonds. The average molecular weight is 330 g/mol. The molecule has 2 rings (SSSR count). The van der Waals surface area contributed by atoms with Crippen LogP contribution >= 0.6 is 0 Å². The first-order valence-corrected chi connectivity index (χ1v) is 8.26. The highest BCUT2D eigenvalue weighted by Crippen LogP contribution is 2.31. The van der Waals surface area contributed by atoms with Crippen LogP contribution in [-0.4, -0.2) is 42.3 Å². The van der Waals surface area contributed by atoms with E-state index in [1.54, 1.807) is 0 Å². The molecule has 0 unspecified atom stereocenters. The van der Waals surface area contributed by atoms with E-state index in [1.165, 1.54) is 14.2 Å². The molecular weight excluding hydrogens is 311 g/mol. The van der Waals surface area contributed by atoms with Crippen LogP contribution in [0.2, 0.25) is 0 Å². The van der Waals surface area contributed by atoms with Gasteiger partial charge in [0.2, 0.25) is 10.0 Å². The molecule has 1 aliphatic rings. The molecule has 8 heteroatoms. The largest absolute Gasteiger partial charge is 0.493 e. The molecule has 0 radical (unpaired) electrons. The normalized spacial score (nSPS) is 15.3. The van der Waals surface area contributed by atoms with Crippen LogP contribution in [0.3, 0.4) is 0 Å². The van der Waals surface area contributed by atoms with E-state index in [9.17, 15) is 12.8 Å². The van der Waals surface area contributed by atoms with Crippen LogP contribution < -0.4 is 19.5 Å². The van der Waals surface area contributed by atoms with Crippen LogP contribution in [0.25, 0.3) is 0 Å². The summed E-state index contributed by atoms with van der Waals surface area (Å²) in [6.45, 7) is 1.68. The van der Waals surface area contributed by atoms with Gasteiger partial charge in [0.1, 0.15) is 10.7 Å². The molecule has 0 saturated heterocycles. The van der Waals surface area contributed by atoms with E-state index >= 15 is 0 Å². The molecule has 0 aliphatic carbocycles. The maximum absolute atomic E-state index is 14.0. The maximum atomic E-state index is 14.0. The van der Waals surface area contributed by atoms with Crippen LogP contribution in [0.1, 0.15) is 6.42 Å². The lowest BCUT2D eigenvalue weighted by Crippen LogP contribution is -2.30. The molecule has 2 N–H and O–H groups in total. The maximum Gasteiger partial charge on any atom is 0.243 e. The molecule has 1 aliphatic heterocycles. The van der Waals surface area contributed by atoms with Crippen LogP contribution in [0.15, 0.2) is 28.7 Å². The van der Waals surface area contributed by atoms with E-state index < -0.39 is 20.7 Å². The lowest BCUT2D eigenvalue weighted by atomic mass is 10.1. The third kappa shape index (κ3) is 3.76. The fourth-order valence-electron chi connectivity index (χ4n) is 2.14. The zero-order chi connectivity index (χ0) is 16.2. The van der Waals surface area contributed by atoms with Crippen LogP contribution in [0.4, 0.5) is 4.39 Å². The van der Waals surface area contributed by atoms with Crippen LogP contribution in [0, 0.1) is 5.82 Å². The first kappa shape index (κ1) is 16.7. The highest BCUT2D eigenvalue weighted by molar-refractivity contribution is 7.89. The van der Waals surface area contributed by atoms with E-state index in [0.717, 1.165) is 30.7 Å². The Bertz CT molecular complexity index is 674. The Morgan fingerprint density at radius 1 is 1.27 bits per heavy atom. The lowest BCUT2D eigenvalue weighted by Gasteiger charge is -2.15. The summed E-state index contributed by atoms with van der Waals surface area (Å²) in [5, 5.41) is 3.14. The Balaban J connectivity index is 2.23. The molecular formula is C14H19FN2O4S. The van der Waals surface area contributed by atoms with Crippen molar-refractivity contribution in [3.63, 3.8) is 0 Å². The van der Waals surface area contributed by atoms with Gasteiger partial charge >= 0.3 is 0 Å². The van der Waals surface area contributed by atoms with Gasteiger partial charge in [0, 0.05) is 25.2 Å². The molecule has 1 aromatic carbocycles. The Morgan fingerprint density at radius 2 is 1.95 bits per heavy atom. The molecule has 6 nitrogen and oxygen atoms in total. The van der Waals surface area contributed by atoms with Crippen molar-refractivity contribution in [1.82, 2.24) is 10.0 Å². The van der Waals surface area contributed by atoms with Crippen LogP contribution in [0.5, 0.6) is 11.5 Å². The minimum absolute atomic E-state index is 0.139. The number of halogens is 1. The summed E-state index contributed by atoms with van der Waals surface area (Å²) in [6, 6.07) is 2.12. The summed E-state index contributed by atoms with van der Waals surface area (Å²) in [6.07, 6.45) is 2.69. The van der Waals surface area contributed by atoms with Gasteiger partial charge in [0.05, 0.1) is 14.2 Å². The van der Waals surface area contributed by atoms with Crippen molar-refractivity contribution in [2.75, 3.05) is 33.9 Å². The van der Waals surface area contributed by atoms with Gasteiger partial charge < -0.3 is 14.8 Å².